The van der Waals surface area contributed by atoms with Gasteiger partial charge < -0.3 is 9.52 Å². The fraction of sp³-hybridized carbons (Fsp3) is 0.300. The standard InChI is InChI=1S/C10H11ClN2O2/c1-7-10(11)4-12-13(7)5-8-2-3-9(6-14)15-8/h2-4,14H,5-6H2,1H3. The van der Waals surface area contributed by atoms with E-state index in [9.17, 15) is 0 Å². The number of nitrogens with zero attached hydrogens (tertiary/aromatic N) is 2. The van der Waals surface area contributed by atoms with Crippen molar-refractivity contribution >= 4 is 11.6 Å². The van der Waals surface area contributed by atoms with Crippen LogP contribution < -0.4 is 0 Å². The van der Waals surface area contributed by atoms with Crippen LogP contribution in [0.1, 0.15) is 17.2 Å². The number of aliphatic hydroxyl groups is 1. The lowest BCUT2D eigenvalue weighted by atomic mass is 10.4. The highest BCUT2D eigenvalue weighted by Gasteiger charge is 2.07. The van der Waals surface area contributed by atoms with Gasteiger partial charge in [-0.25, -0.2) is 0 Å². The van der Waals surface area contributed by atoms with E-state index in [-0.39, 0.29) is 6.61 Å². The number of aromatic nitrogens is 2. The summed E-state index contributed by atoms with van der Waals surface area (Å²) in [6.07, 6.45) is 1.60. The molecular weight excluding hydrogens is 216 g/mol. The third kappa shape index (κ3) is 2.06. The van der Waals surface area contributed by atoms with E-state index in [0.717, 1.165) is 11.5 Å². The highest BCUT2D eigenvalue weighted by molar-refractivity contribution is 6.31. The van der Waals surface area contributed by atoms with Gasteiger partial charge in [0.2, 0.25) is 0 Å². The molecule has 2 aromatic heterocycles. The number of aliphatic hydroxyl groups excluding tert-OH is 1. The van der Waals surface area contributed by atoms with E-state index in [2.05, 4.69) is 5.10 Å². The fourth-order valence-corrected chi connectivity index (χ4v) is 1.46. The molecule has 5 heteroatoms. The molecule has 0 unspecified atom stereocenters. The van der Waals surface area contributed by atoms with E-state index >= 15 is 0 Å². The van der Waals surface area contributed by atoms with Gasteiger partial charge in [0, 0.05) is 0 Å². The average Bonchev–Trinajstić information content (AvgIpc) is 2.80. The Morgan fingerprint density at radius 3 is 2.73 bits per heavy atom. The molecule has 2 heterocycles. The van der Waals surface area contributed by atoms with E-state index in [4.69, 9.17) is 21.1 Å². The molecule has 0 radical (unpaired) electrons. The third-order valence-corrected chi connectivity index (χ3v) is 2.59. The first-order chi connectivity index (χ1) is 7.20. The molecule has 0 bridgehead atoms. The maximum Gasteiger partial charge on any atom is 0.129 e. The van der Waals surface area contributed by atoms with Gasteiger partial charge >= 0.3 is 0 Å². The van der Waals surface area contributed by atoms with E-state index in [1.165, 1.54) is 0 Å². The number of hydrogen-bond donors (Lipinski definition) is 1. The van der Waals surface area contributed by atoms with Crippen molar-refractivity contribution in [2.45, 2.75) is 20.1 Å². The van der Waals surface area contributed by atoms with Crippen LogP contribution in [-0.2, 0) is 13.2 Å². The van der Waals surface area contributed by atoms with Crippen LogP contribution in [-0.4, -0.2) is 14.9 Å². The zero-order valence-corrected chi connectivity index (χ0v) is 9.03. The van der Waals surface area contributed by atoms with Gasteiger partial charge in [0.05, 0.1) is 23.5 Å². The van der Waals surface area contributed by atoms with Crippen molar-refractivity contribution in [1.82, 2.24) is 9.78 Å². The first kappa shape index (κ1) is 10.3. The average molecular weight is 227 g/mol. The van der Waals surface area contributed by atoms with Crippen molar-refractivity contribution in [3.8, 4) is 0 Å². The fourth-order valence-electron chi connectivity index (χ4n) is 1.32. The van der Waals surface area contributed by atoms with Crippen molar-refractivity contribution in [2.24, 2.45) is 0 Å². The Bertz CT molecular complexity index is 462. The molecule has 0 aliphatic heterocycles. The zero-order chi connectivity index (χ0) is 10.8. The van der Waals surface area contributed by atoms with E-state index < -0.39 is 0 Å². The van der Waals surface area contributed by atoms with Crippen LogP contribution in [0.5, 0.6) is 0 Å². The van der Waals surface area contributed by atoms with Gasteiger partial charge in [0.25, 0.3) is 0 Å². The lowest BCUT2D eigenvalue weighted by Crippen LogP contribution is -2.02. The number of halogens is 1. The molecule has 0 atom stereocenters. The lowest BCUT2D eigenvalue weighted by Gasteiger charge is -2.01. The van der Waals surface area contributed by atoms with E-state index in [1.54, 1.807) is 16.9 Å². The summed E-state index contributed by atoms with van der Waals surface area (Å²) in [6, 6.07) is 3.57. The van der Waals surface area contributed by atoms with Crippen molar-refractivity contribution in [1.29, 1.82) is 0 Å². The Labute approximate surface area is 92.1 Å². The molecule has 2 aromatic rings. The normalized spacial score (nSPS) is 10.9. The molecule has 0 aliphatic carbocycles. The molecule has 0 saturated carbocycles. The second-order valence-electron chi connectivity index (χ2n) is 3.26. The topological polar surface area (TPSA) is 51.2 Å². The second kappa shape index (κ2) is 4.08. The minimum Gasteiger partial charge on any atom is -0.462 e. The van der Waals surface area contributed by atoms with Gasteiger partial charge in [-0.1, -0.05) is 11.6 Å². The smallest absolute Gasteiger partial charge is 0.129 e. The van der Waals surface area contributed by atoms with Gasteiger partial charge in [-0.05, 0) is 19.1 Å². The van der Waals surface area contributed by atoms with Gasteiger partial charge in [-0.15, -0.1) is 0 Å². The third-order valence-electron chi connectivity index (χ3n) is 2.22. The molecule has 2 rings (SSSR count). The molecule has 0 fully saturated rings. The molecule has 15 heavy (non-hydrogen) atoms. The molecular formula is C10H11ClN2O2. The van der Waals surface area contributed by atoms with Crippen molar-refractivity contribution in [2.75, 3.05) is 0 Å². The van der Waals surface area contributed by atoms with Crippen LogP contribution >= 0.6 is 11.6 Å². The van der Waals surface area contributed by atoms with E-state index in [0.29, 0.717) is 17.3 Å². The summed E-state index contributed by atoms with van der Waals surface area (Å²) in [4.78, 5) is 0. The molecule has 4 nitrogen and oxygen atoms in total. The van der Waals surface area contributed by atoms with Crippen LogP contribution in [0, 0.1) is 6.92 Å². The molecule has 0 saturated heterocycles. The van der Waals surface area contributed by atoms with Crippen molar-refractivity contribution in [3.05, 3.63) is 40.6 Å². The summed E-state index contributed by atoms with van der Waals surface area (Å²) < 4.78 is 7.10. The predicted molar refractivity (Wildman–Crippen MR) is 55.7 cm³/mol. The van der Waals surface area contributed by atoms with Crippen LogP contribution in [0.25, 0.3) is 0 Å². The summed E-state index contributed by atoms with van der Waals surface area (Å²) in [6.45, 7) is 2.34. The largest absolute Gasteiger partial charge is 0.462 e. The maximum atomic E-state index is 8.84. The zero-order valence-electron chi connectivity index (χ0n) is 8.27. The summed E-state index contributed by atoms with van der Waals surface area (Å²) in [5.74, 6) is 1.31. The van der Waals surface area contributed by atoms with Crippen LogP contribution in [0.3, 0.4) is 0 Å². The minimum atomic E-state index is -0.0845. The van der Waals surface area contributed by atoms with Gasteiger partial charge in [0.15, 0.2) is 0 Å². The number of hydrogen-bond acceptors (Lipinski definition) is 3. The van der Waals surface area contributed by atoms with Crippen molar-refractivity contribution in [3.63, 3.8) is 0 Å². The molecule has 0 aliphatic rings. The predicted octanol–water partition coefficient (Wildman–Crippen LogP) is 1.98. The van der Waals surface area contributed by atoms with Crippen LogP contribution in [0.4, 0.5) is 0 Å². The Kier molecular flexibility index (Phi) is 2.79. The molecule has 1 N–H and O–H groups in total. The summed E-state index contributed by atoms with van der Waals surface area (Å²) in [5, 5.41) is 13.6. The Morgan fingerprint density at radius 1 is 1.47 bits per heavy atom. The first-order valence-electron chi connectivity index (χ1n) is 4.57. The molecule has 0 aromatic carbocycles. The minimum absolute atomic E-state index is 0.0845. The molecule has 0 amide bonds. The maximum absolute atomic E-state index is 8.84. The highest BCUT2D eigenvalue weighted by Crippen LogP contribution is 2.16. The monoisotopic (exact) mass is 226 g/mol. The first-order valence-corrected chi connectivity index (χ1v) is 4.95. The SMILES string of the molecule is Cc1c(Cl)cnn1Cc1ccc(CO)o1. The highest BCUT2D eigenvalue weighted by atomic mass is 35.5. The molecule has 0 spiro atoms. The van der Waals surface area contributed by atoms with Gasteiger partial charge in [0.1, 0.15) is 18.1 Å². The number of rotatable bonds is 3. The molecule has 80 valence electrons. The summed E-state index contributed by atoms with van der Waals surface area (Å²) >= 11 is 5.87. The van der Waals surface area contributed by atoms with Gasteiger partial charge in [-0.2, -0.15) is 5.10 Å². The second-order valence-corrected chi connectivity index (χ2v) is 3.67. The van der Waals surface area contributed by atoms with Crippen LogP contribution in [0.2, 0.25) is 5.02 Å². The summed E-state index contributed by atoms with van der Waals surface area (Å²) in [7, 11) is 0. The van der Waals surface area contributed by atoms with Gasteiger partial charge in [-0.3, -0.25) is 4.68 Å². The van der Waals surface area contributed by atoms with Crippen LogP contribution in [0.15, 0.2) is 22.7 Å². The summed E-state index contributed by atoms with van der Waals surface area (Å²) in [5.41, 5.74) is 0.901. The van der Waals surface area contributed by atoms with E-state index in [1.807, 2.05) is 13.0 Å². The Hall–Kier alpha value is -1.26. The Balaban J connectivity index is 2.18. The quantitative estimate of drug-likeness (QED) is 0.871. The Morgan fingerprint density at radius 2 is 2.20 bits per heavy atom. The number of furan rings is 1. The van der Waals surface area contributed by atoms with Crippen molar-refractivity contribution < 1.29 is 9.52 Å². The lowest BCUT2D eigenvalue weighted by molar-refractivity contribution is 0.242.